The Morgan fingerprint density at radius 2 is 1.79 bits per heavy atom. The van der Waals surface area contributed by atoms with Crippen molar-refractivity contribution < 1.29 is 9.53 Å². The van der Waals surface area contributed by atoms with Gasteiger partial charge in [0, 0.05) is 12.5 Å². The van der Waals surface area contributed by atoms with Gasteiger partial charge in [-0.15, -0.1) is 0 Å². The fourth-order valence-corrected chi connectivity index (χ4v) is 2.56. The Hall–Kier alpha value is -3.39. The van der Waals surface area contributed by atoms with E-state index in [9.17, 15) is 10.1 Å². The second-order valence-corrected chi connectivity index (χ2v) is 5.22. The number of benzene rings is 2. The lowest BCUT2D eigenvalue weighted by Gasteiger charge is -2.04. The number of Topliss-reactive ketones (excluding diaryl/α,β-unsaturated/α-hetero) is 1. The molecule has 0 saturated carbocycles. The molecule has 0 unspecified atom stereocenters. The van der Waals surface area contributed by atoms with Crippen molar-refractivity contribution in [3.63, 3.8) is 0 Å². The Morgan fingerprint density at radius 1 is 1.12 bits per heavy atom. The molecule has 0 aliphatic rings. The number of hydrogen-bond donors (Lipinski definition) is 0. The molecule has 1 heterocycles. The summed E-state index contributed by atoms with van der Waals surface area (Å²) in [6.45, 7) is 1.44. The molecular formula is C19H15N3O2. The summed E-state index contributed by atoms with van der Waals surface area (Å²) < 4.78 is 6.68. The van der Waals surface area contributed by atoms with E-state index in [0.29, 0.717) is 11.4 Å². The van der Waals surface area contributed by atoms with Gasteiger partial charge >= 0.3 is 0 Å². The van der Waals surface area contributed by atoms with E-state index < -0.39 is 0 Å². The van der Waals surface area contributed by atoms with Gasteiger partial charge in [0.1, 0.15) is 28.8 Å². The summed E-state index contributed by atoms with van der Waals surface area (Å²) in [5.74, 6) is 0.509. The number of ether oxygens (including phenoxy) is 1. The predicted molar refractivity (Wildman–Crippen MR) is 90.3 cm³/mol. The van der Waals surface area contributed by atoms with Crippen molar-refractivity contribution in [3.8, 4) is 28.8 Å². The number of nitriles is 1. The molecule has 0 aliphatic carbocycles. The molecule has 3 rings (SSSR count). The van der Waals surface area contributed by atoms with Crippen molar-refractivity contribution in [2.75, 3.05) is 7.11 Å². The summed E-state index contributed by atoms with van der Waals surface area (Å²) in [5, 5.41) is 14.1. The van der Waals surface area contributed by atoms with Gasteiger partial charge in [-0.05, 0) is 36.4 Å². The van der Waals surface area contributed by atoms with E-state index in [-0.39, 0.29) is 17.0 Å². The van der Waals surface area contributed by atoms with E-state index in [1.54, 1.807) is 19.2 Å². The minimum atomic E-state index is -0.206. The molecule has 0 atom stereocenters. The van der Waals surface area contributed by atoms with Crippen LogP contribution in [-0.4, -0.2) is 22.7 Å². The molecular weight excluding hydrogens is 302 g/mol. The lowest BCUT2D eigenvalue weighted by molar-refractivity contribution is 0.101. The summed E-state index contributed by atoms with van der Waals surface area (Å²) in [6, 6.07) is 18.7. The molecule has 1 aromatic heterocycles. The molecule has 0 bridgehead atoms. The Balaban J connectivity index is 2.24. The fraction of sp³-hybridized carbons (Fsp3) is 0.105. The predicted octanol–water partition coefficient (Wildman–Crippen LogP) is 3.62. The molecule has 24 heavy (non-hydrogen) atoms. The van der Waals surface area contributed by atoms with Crippen LogP contribution in [0.2, 0.25) is 0 Å². The highest BCUT2D eigenvalue weighted by Crippen LogP contribution is 2.28. The lowest BCUT2D eigenvalue weighted by atomic mass is 10.1. The van der Waals surface area contributed by atoms with Gasteiger partial charge in [-0.25, -0.2) is 4.68 Å². The zero-order valence-electron chi connectivity index (χ0n) is 13.4. The lowest BCUT2D eigenvalue weighted by Crippen LogP contribution is -2.07. The normalized spacial score (nSPS) is 10.2. The highest BCUT2D eigenvalue weighted by molar-refractivity contribution is 5.97. The summed E-state index contributed by atoms with van der Waals surface area (Å²) in [4.78, 5) is 12.1. The van der Waals surface area contributed by atoms with Crippen molar-refractivity contribution >= 4 is 5.78 Å². The Kier molecular flexibility index (Phi) is 4.13. The van der Waals surface area contributed by atoms with Gasteiger partial charge < -0.3 is 4.74 Å². The monoisotopic (exact) mass is 317 g/mol. The molecule has 5 nitrogen and oxygen atoms in total. The maximum absolute atomic E-state index is 12.1. The van der Waals surface area contributed by atoms with Crippen LogP contribution >= 0.6 is 0 Å². The van der Waals surface area contributed by atoms with Crippen LogP contribution in [0.3, 0.4) is 0 Å². The number of rotatable bonds is 4. The van der Waals surface area contributed by atoms with Crippen molar-refractivity contribution in [2.24, 2.45) is 0 Å². The minimum absolute atomic E-state index is 0.206. The average Bonchev–Trinajstić information content (AvgIpc) is 3.02. The zero-order valence-corrected chi connectivity index (χ0v) is 13.4. The van der Waals surface area contributed by atoms with Crippen LogP contribution in [0.25, 0.3) is 16.9 Å². The van der Waals surface area contributed by atoms with Crippen LogP contribution in [0.1, 0.15) is 23.0 Å². The first-order valence-electron chi connectivity index (χ1n) is 7.39. The molecule has 118 valence electrons. The second kappa shape index (κ2) is 6.39. The van der Waals surface area contributed by atoms with Gasteiger partial charge in [0.25, 0.3) is 0 Å². The third kappa shape index (κ3) is 2.66. The number of hydrogen-bond acceptors (Lipinski definition) is 4. The summed E-state index contributed by atoms with van der Waals surface area (Å²) in [7, 11) is 1.59. The third-order valence-electron chi connectivity index (χ3n) is 3.69. The van der Waals surface area contributed by atoms with Crippen LogP contribution in [0, 0.1) is 11.3 Å². The molecule has 0 spiro atoms. The fourth-order valence-electron chi connectivity index (χ4n) is 2.56. The number of carbonyl (C=O) groups is 1. The molecule has 0 N–H and O–H groups in total. The first-order chi connectivity index (χ1) is 11.7. The van der Waals surface area contributed by atoms with Gasteiger partial charge in [-0.3, -0.25) is 4.79 Å². The van der Waals surface area contributed by atoms with Crippen LogP contribution in [0.15, 0.2) is 54.6 Å². The topological polar surface area (TPSA) is 67.9 Å². The highest BCUT2D eigenvalue weighted by Gasteiger charge is 2.23. The molecule has 0 fully saturated rings. The van der Waals surface area contributed by atoms with Crippen LogP contribution in [-0.2, 0) is 0 Å². The van der Waals surface area contributed by atoms with Crippen molar-refractivity contribution in [2.45, 2.75) is 6.92 Å². The molecule has 2 aromatic carbocycles. The van der Waals surface area contributed by atoms with Gasteiger partial charge in [-0.1, -0.05) is 18.2 Å². The third-order valence-corrected chi connectivity index (χ3v) is 3.69. The molecule has 0 aliphatic heterocycles. The van der Waals surface area contributed by atoms with Gasteiger partial charge in [0.15, 0.2) is 5.78 Å². The Bertz CT molecular complexity index is 920. The molecule has 3 aromatic rings. The van der Waals surface area contributed by atoms with Crippen molar-refractivity contribution in [3.05, 3.63) is 65.9 Å². The molecule has 5 heteroatoms. The number of aromatic nitrogens is 2. The maximum Gasteiger partial charge on any atom is 0.179 e. The van der Waals surface area contributed by atoms with E-state index in [0.717, 1.165) is 11.3 Å². The van der Waals surface area contributed by atoms with E-state index in [2.05, 4.69) is 11.2 Å². The second-order valence-electron chi connectivity index (χ2n) is 5.22. The summed E-state index contributed by atoms with van der Waals surface area (Å²) in [5.41, 5.74) is 2.53. The number of nitrogens with zero attached hydrogens (tertiary/aromatic N) is 3. The smallest absolute Gasteiger partial charge is 0.179 e. The molecule has 0 amide bonds. The van der Waals surface area contributed by atoms with Gasteiger partial charge in [-0.2, -0.15) is 10.4 Å². The number of methoxy groups -OCH3 is 1. The van der Waals surface area contributed by atoms with Crippen molar-refractivity contribution in [1.82, 2.24) is 9.78 Å². The standard InChI is InChI=1S/C19H15N3O2/c1-13(23)19-17(12-20)18(14-8-10-16(24-2)11-9-14)21-22(19)15-6-4-3-5-7-15/h3-11H,1-2H3. The highest BCUT2D eigenvalue weighted by atomic mass is 16.5. The zero-order chi connectivity index (χ0) is 17.1. The van der Waals surface area contributed by atoms with E-state index in [4.69, 9.17) is 4.74 Å². The largest absolute Gasteiger partial charge is 0.497 e. The SMILES string of the molecule is COc1ccc(-c2nn(-c3ccccc3)c(C(C)=O)c2C#N)cc1. The van der Waals surface area contributed by atoms with Crippen molar-refractivity contribution in [1.29, 1.82) is 5.26 Å². The van der Waals surface area contributed by atoms with E-state index in [1.165, 1.54) is 11.6 Å². The van der Waals surface area contributed by atoms with Gasteiger partial charge in [0.05, 0.1) is 12.8 Å². The minimum Gasteiger partial charge on any atom is -0.497 e. The van der Waals surface area contributed by atoms with Gasteiger partial charge in [0.2, 0.25) is 0 Å². The first-order valence-corrected chi connectivity index (χ1v) is 7.39. The number of ketones is 1. The van der Waals surface area contributed by atoms with E-state index in [1.807, 2.05) is 42.5 Å². The summed E-state index contributed by atoms with van der Waals surface area (Å²) in [6.07, 6.45) is 0. The number of carbonyl (C=O) groups excluding carboxylic acids is 1. The van der Waals surface area contributed by atoms with Crippen LogP contribution < -0.4 is 4.74 Å². The summed E-state index contributed by atoms with van der Waals surface area (Å²) >= 11 is 0. The van der Waals surface area contributed by atoms with Crippen LogP contribution in [0.5, 0.6) is 5.75 Å². The Morgan fingerprint density at radius 3 is 2.33 bits per heavy atom. The van der Waals surface area contributed by atoms with Crippen LogP contribution in [0.4, 0.5) is 0 Å². The maximum atomic E-state index is 12.1. The average molecular weight is 317 g/mol. The first kappa shape index (κ1) is 15.5. The quantitative estimate of drug-likeness (QED) is 0.689. The Labute approximate surface area is 139 Å². The molecule has 0 saturated heterocycles. The number of para-hydroxylation sites is 1. The molecule has 0 radical (unpaired) electrons. The van der Waals surface area contributed by atoms with E-state index >= 15 is 0 Å².